The Morgan fingerprint density at radius 2 is 2.17 bits per heavy atom. The van der Waals surface area contributed by atoms with Gasteiger partial charge in [0, 0.05) is 5.69 Å². The first-order valence-corrected chi connectivity index (χ1v) is 4.18. The number of pyridine rings is 1. The van der Waals surface area contributed by atoms with Gasteiger partial charge in [-0.3, -0.25) is 4.98 Å². The van der Waals surface area contributed by atoms with Crippen molar-refractivity contribution in [3.63, 3.8) is 0 Å². The molecule has 0 fully saturated rings. The number of halogens is 1. The van der Waals surface area contributed by atoms with Gasteiger partial charge < -0.3 is 5.11 Å². The van der Waals surface area contributed by atoms with E-state index in [9.17, 15) is 4.79 Å². The quantitative estimate of drug-likeness (QED) is 0.804. The van der Waals surface area contributed by atoms with Gasteiger partial charge in [0.2, 0.25) is 0 Å². The molecule has 0 bridgehead atoms. The van der Waals surface area contributed by atoms with E-state index in [1.807, 2.05) is 0 Å². The molecular formula is C8H8BrNO2. The Morgan fingerprint density at radius 3 is 2.67 bits per heavy atom. The highest BCUT2D eigenvalue weighted by atomic mass is 79.9. The molecule has 1 rings (SSSR count). The number of carbonyl (C=O) groups is 1. The van der Waals surface area contributed by atoms with E-state index in [1.54, 1.807) is 19.9 Å². The highest BCUT2D eigenvalue weighted by Gasteiger charge is 2.11. The molecule has 1 N–H and O–H groups in total. The molecule has 0 aromatic carbocycles. The number of aromatic nitrogens is 1. The van der Waals surface area contributed by atoms with Crippen molar-refractivity contribution in [1.29, 1.82) is 0 Å². The molecule has 0 unspecified atom stereocenters. The van der Waals surface area contributed by atoms with Crippen LogP contribution in [-0.4, -0.2) is 16.1 Å². The Hall–Kier alpha value is -0.900. The molecular weight excluding hydrogens is 222 g/mol. The van der Waals surface area contributed by atoms with E-state index in [4.69, 9.17) is 5.11 Å². The van der Waals surface area contributed by atoms with Crippen molar-refractivity contribution in [2.24, 2.45) is 0 Å². The summed E-state index contributed by atoms with van der Waals surface area (Å²) in [6.45, 7) is 3.54. The van der Waals surface area contributed by atoms with E-state index in [0.717, 1.165) is 0 Å². The summed E-state index contributed by atoms with van der Waals surface area (Å²) in [6.07, 6.45) is 0. The predicted molar refractivity (Wildman–Crippen MR) is 48.4 cm³/mol. The molecule has 0 aliphatic carbocycles. The van der Waals surface area contributed by atoms with Crippen LogP contribution in [0.25, 0.3) is 0 Å². The molecule has 0 aliphatic heterocycles. The van der Waals surface area contributed by atoms with Crippen molar-refractivity contribution < 1.29 is 9.90 Å². The Kier molecular flexibility index (Phi) is 2.47. The normalized spacial score (nSPS) is 9.92. The number of rotatable bonds is 1. The van der Waals surface area contributed by atoms with Crippen molar-refractivity contribution in [3.8, 4) is 0 Å². The zero-order valence-corrected chi connectivity index (χ0v) is 8.34. The smallest absolute Gasteiger partial charge is 0.336 e. The van der Waals surface area contributed by atoms with E-state index in [1.165, 1.54) is 0 Å². The average molecular weight is 230 g/mol. The molecule has 1 aromatic rings. The number of carboxylic acids is 1. The van der Waals surface area contributed by atoms with Crippen LogP contribution in [0.1, 0.15) is 21.7 Å². The van der Waals surface area contributed by atoms with E-state index < -0.39 is 5.97 Å². The fraction of sp³-hybridized carbons (Fsp3) is 0.250. The summed E-state index contributed by atoms with van der Waals surface area (Å²) in [4.78, 5) is 14.8. The molecule has 0 saturated carbocycles. The summed E-state index contributed by atoms with van der Waals surface area (Å²) < 4.78 is 0.556. The lowest BCUT2D eigenvalue weighted by atomic mass is 10.2. The number of aryl methyl sites for hydroxylation is 2. The summed E-state index contributed by atoms with van der Waals surface area (Å²) in [5.41, 5.74) is 1.68. The molecule has 1 aromatic heterocycles. The van der Waals surface area contributed by atoms with Gasteiger partial charge in [-0.1, -0.05) is 0 Å². The van der Waals surface area contributed by atoms with E-state index in [0.29, 0.717) is 15.9 Å². The van der Waals surface area contributed by atoms with Crippen LogP contribution in [-0.2, 0) is 0 Å². The van der Waals surface area contributed by atoms with Crippen LogP contribution < -0.4 is 0 Å². The predicted octanol–water partition coefficient (Wildman–Crippen LogP) is 2.16. The molecule has 0 spiro atoms. The Bertz CT molecular complexity index is 336. The van der Waals surface area contributed by atoms with E-state index in [-0.39, 0.29) is 5.56 Å². The van der Waals surface area contributed by atoms with Crippen LogP contribution in [0.2, 0.25) is 0 Å². The molecule has 0 radical (unpaired) electrons. The summed E-state index contributed by atoms with van der Waals surface area (Å²) in [6, 6.07) is 1.54. The van der Waals surface area contributed by atoms with Crippen LogP contribution in [0, 0.1) is 13.8 Å². The maximum atomic E-state index is 10.7. The van der Waals surface area contributed by atoms with Crippen LogP contribution in [0.5, 0.6) is 0 Å². The van der Waals surface area contributed by atoms with Gasteiger partial charge in [-0.25, -0.2) is 4.79 Å². The van der Waals surface area contributed by atoms with Crippen LogP contribution in [0.4, 0.5) is 0 Å². The fourth-order valence-electron chi connectivity index (χ4n) is 0.969. The second kappa shape index (κ2) is 3.23. The Labute approximate surface area is 78.6 Å². The Balaban J connectivity index is 3.37. The molecule has 0 atom stereocenters. The lowest BCUT2D eigenvalue weighted by molar-refractivity contribution is 0.0695. The van der Waals surface area contributed by atoms with Gasteiger partial charge in [0.25, 0.3) is 0 Å². The first kappa shape index (κ1) is 9.19. The third kappa shape index (κ3) is 1.64. The third-order valence-corrected chi connectivity index (χ3v) is 2.48. The fourth-order valence-corrected chi connectivity index (χ4v) is 1.34. The van der Waals surface area contributed by atoms with Gasteiger partial charge in [-0.15, -0.1) is 0 Å². The van der Waals surface area contributed by atoms with Gasteiger partial charge in [-0.2, -0.15) is 0 Å². The summed E-state index contributed by atoms with van der Waals surface area (Å²) in [5.74, 6) is -0.935. The molecule has 0 amide bonds. The topological polar surface area (TPSA) is 50.2 Å². The Morgan fingerprint density at radius 1 is 1.58 bits per heavy atom. The van der Waals surface area contributed by atoms with E-state index in [2.05, 4.69) is 20.9 Å². The second-order valence-corrected chi connectivity index (χ2v) is 3.31. The van der Waals surface area contributed by atoms with Crippen LogP contribution in [0.15, 0.2) is 10.5 Å². The van der Waals surface area contributed by atoms with Crippen molar-refractivity contribution in [2.45, 2.75) is 13.8 Å². The molecule has 64 valence electrons. The largest absolute Gasteiger partial charge is 0.478 e. The number of aromatic carboxylic acids is 1. The minimum absolute atomic E-state index is 0.264. The highest BCUT2D eigenvalue weighted by Crippen LogP contribution is 2.20. The van der Waals surface area contributed by atoms with Gasteiger partial charge in [0.15, 0.2) is 0 Å². The van der Waals surface area contributed by atoms with Gasteiger partial charge >= 0.3 is 5.97 Å². The lowest BCUT2D eigenvalue weighted by Crippen LogP contribution is -2.01. The highest BCUT2D eigenvalue weighted by molar-refractivity contribution is 9.10. The zero-order valence-electron chi connectivity index (χ0n) is 6.76. The van der Waals surface area contributed by atoms with Crippen LogP contribution >= 0.6 is 15.9 Å². The minimum Gasteiger partial charge on any atom is -0.478 e. The summed E-state index contributed by atoms with van der Waals surface area (Å²) >= 11 is 3.17. The minimum atomic E-state index is -0.935. The molecule has 0 aliphatic rings. The number of hydrogen-bond donors (Lipinski definition) is 1. The lowest BCUT2D eigenvalue weighted by Gasteiger charge is -2.03. The average Bonchev–Trinajstić information content (AvgIpc) is 1.96. The van der Waals surface area contributed by atoms with Crippen LogP contribution in [0.3, 0.4) is 0 Å². The molecule has 4 heteroatoms. The first-order chi connectivity index (χ1) is 5.52. The van der Waals surface area contributed by atoms with Crippen molar-refractivity contribution in [1.82, 2.24) is 4.98 Å². The number of hydrogen-bond acceptors (Lipinski definition) is 2. The molecule has 12 heavy (non-hydrogen) atoms. The standard InChI is InChI=1S/C8H8BrNO2/c1-4-3-6(8(11)12)7(9)5(2)10-4/h3H,1-2H3,(H,11,12). The monoisotopic (exact) mass is 229 g/mol. The zero-order chi connectivity index (χ0) is 9.30. The maximum Gasteiger partial charge on any atom is 0.336 e. The number of nitrogens with zero attached hydrogens (tertiary/aromatic N) is 1. The van der Waals surface area contributed by atoms with Crippen molar-refractivity contribution >= 4 is 21.9 Å². The number of carboxylic acid groups (broad SMARTS) is 1. The first-order valence-electron chi connectivity index (χ1n) is 3.39. The van der Waals surface area contributed by atoms with E-state index >= 15 is 0 Å². The third-order valence-electron chi connectivity index (χ3n) is 1.48. The summed E-state index contributed by atoms with van der Waals surface area (Å²) in [7, 11) is 0. The van der Waals surface area contributed by atoms with Gasteiger partial charge in [0.1, 0.15) is 0 Å². The molecule has 0 saturated heterocycles. The van der Waals surface area contributed by atoms with Crippen molar-refractivity contribution in [2.75, 3.05) is 0 Å². The molecule has 3 nitrogen and oxygen atoms in total. The maximum absolute atomic E-state index is 10.7. The summed E-state index contributed by atoms with van der Waals surface area (Å²) in [5, 5.41) is 8.76. The van der Waals surface area contributed by atoms with Gasteiger partial charge in [0.05, 0.1) is 15.7 Å². The SMILES string of the molecule is Cc1cc(C(=O)O)c(Br)c(C)n1. The van der Waals surface area contributed by atoms with Crippen molar-refractivity contribution in [3.05, 3.63) is 27.5 Å². The second-order valence-electron chi connectivity index (χ2n) is 2.52. The van der Waals surface area contributed by atoms with Gasteiger partial charge in [-0.05, 0) is 35.8 Å². The molecule has 1 heterocycles.